The highest BCUT2D eigenvalue weighted by Gasteiger charge is 2.19. The van der Waals surface area contributed by atoms with Crippen molar-refractivity contribution in [3.8, 4) is 6.07 Å². The van der Waals surface area contributed by atoms with Gasteiger partial charge in [0.05, 0.1) is 19.2 Å². The van der Waals surface area contributed by atoms with Gasteiger partial charge in [-0.05, 0) is 12.1 Å². The second-order valence-electron chi connectivity index (χ2n) is 3.14. The third-order valence-electron chi connectivity index (χ3n) is 2.24. The number of nitriles is 1. The number of pyridine rings is 1. The first kappa shape index (κ1) is 8.97. The molecule has 0 bridgehead atoms. The summed E-state index contributed by atoms with van der Waals surface area (Å²) in [7, 11) is 0. The summed E-state index contributed by atoms with van der Waals surface area (Å²) in [5.74, 6) is 0. The zero-order valence-corrected chi connectivity index (χ0v) is 7.76. The van der Waals surface area contributed by atoms with E-state index in [4.69, 9.17) is 10.00 Å². The van der Waals surface area contributed by atoms with E-state index in [9.17, 15) is 0 Å². The summed E-state index contributed by atoms with van der Waals surface area (Å²) in [6.45, 7) is 2.09. The average molecular weight is 189 g/mol. The van der Waals surface area contributed by atoms with Crippen LogP contribution in [0.2, 0.25) is 0 Å². The van der Waals surface area contributed by atoms with Gasteiger partial charge < -0.3 is 9.64 Å². The molecule has 0 aromatic carbocycles. The maximum absolute atomic E-state index is 8.74. The van der Waals surface area contributed by atoms with Crippen LogP contribution >= 0.6 is 0 Å². The summed E-state index contributed by atoms with van der Waals surface area (Å²) < 4.78 is 5.26. The number of hydrogen-bond donors (Lipinski definition) is 0. The van der Waals surface area contributed by atoms with Crippen molar-refractivity contribution in [2.24, 2.45) is 0 Å². The molecule has 2 heterocycles. The summed E-state index contributed by atoms with van der Waals surface area (Å²) in [6.07, 6.45) is 3.20. The fraction of sp³-hybridized carbons (Fsp3) is 0.400. The molecule has 1 atom stereocenters. The molecule has 1 saturated heterocycles. The lowest BCUT2D eigenvalue weighted by atomic mass is 10.2. The number of hydrogen-bond acceptors (Lipinski definition) is 4. The van der Waals surface area contributed by atoms with Crippen molar-refractivity contribution < 1.29 is 4.74 Å². The Kier molecular flexibility index (Phi) is 2.61. The third kappa shape index (κ3) is 1.83. The molecule has 0 saturated carbocycles. The minimum absolute atomic E-state index is 0.308. The van der Waals surface area contributed by atoms with Crippen LogP contribution in [0.4, 0.5) is 5.69 Å². The quantitative estimate of drug-likeness (QED) is 0.656. The van der Waals surface area contributed by atoms with Crippen LogP contribution in [0.5, 0.6) is 0 Å². The molecule has 2 rings (SSSR count). The van der Waals surface area contributed by atoms with Gasteiger partial charge in [-0.25, -0.2) is 0 Å². The molecular formula is C10H11N3O. The summed E-state index contributed by atoms with van der Waals surface area (Å²) in [5, 5.41) is 8.74. The van der Waals surface area contributed by atoms with Crippen LogP contribution in [0.1, 0.15) is 0 Å². The molecular weight excluding hydrogens is 178 g/mol. The van der Waals surface area contributed by atoms with Crippen LogP contribution < -0.4 is 4.90 Å². The Morgan fingerprint density at radius 2 is 2.29 bits per heavy atom. The van der Waals surface area contributed by atoms with Gasteiger partial charge >= 0.3 is 0 Å². The highest BCUT2D eigenvalue weighted by atomic mass is 16.5. The van der Waals surface area contributed by atoms with E-state index < -0.39 is 0 Å². The van der Waals surface area contributed by atoms with Crippen molar-refractivity contribution in [3.63, 3.8) is 0 Å². The van der Waals surface area contributed by atoms with Crippen molar-refractivity contribution in [1.29, 1.82) is 5.26 Å². The highest BCUT2D eigenvalue weighted by molar-refractivity contribution is 5.45. The number of anilines is 1. The Morgan fingerprint density at radius 1 is 1.50 bits per heavy atom. The van der Waals surface area contributed by atoms with Crippen molar-refractivity contribution in [1.82, 2.24) is 4.98 Å². The molecule has 0 radical (unpaired) electrons. The fourth-order valence-corrected chi connectivity index (χ4v) is 1.52. The zero-order valence-electron chi connectivity index (χ0n) is 7.76. The molecule has 4 nitrogen and oxygen atoms in total. The molecule has 1 aromatic heterocycles. The third-order valence-corrected chi connectivity index (χ3v) is 2.24. The molecule has 1 aliphatic heterocycles. The smallest absolute Gasteiger partial charge is 0.161 e. The maximum Gasteiger partial charge on any atom is 0.161 e. The van der Waals surface area contributed by atoms with Gasteiger partial charge in [-0.2, -0.15) is 5.26 Å². The van der Waals surface area contributed by atoms with E-state index in [0.717, 1.165) is 12.2 Å². The van der Waals surface area contributed by atoms with Crippen LogP contribution in [-0.4, -0.2) is 30.8 Å². The predicted octanol–water partition coefficient (Wildman–Crippen LogP) is 0.810. The first-order valence-corrected chi connectivity index (χ1v) is 4.56. The van der Waals surface area contributed by atoms with Crippen molar-refractivity contribution in [2.75, 3.05) is 24.6 Å². The lowest BCUT2D eigenvalue weighted by Gasteiger charge is -2.31. The molecule has 1 fully saturated rings. The topological polar surface area (TPSA) is 49.2 Å². The van der Waals surface area contributed by atoms with E-state index in [1.165, 1.54) is 0 Å². The van der Waals surface area contributed by atoms with Gasteiger partial charge in [-0.3, -0.25) is 4.98 Å². The van der Waals surface area contributed by atoms with Gasteiger partial charge in [-0.15, -0.1) is 0 Å². The van der Waals surface area contributed by atoms with Crippen molar-refractivity contribution >= 4 is 5.69 Å². The predicted molar refractivity (Wildman–Crippen MR) is 51.8 cm³/mol. The molecule has 0 N–H and O–H groups in total. The van der Waals surface area contributed by atoms with Gasteiger partial charge in [-0.1, -0.05) is 0 Å². The molecule has 0 aliphatic carbocycles. The Balaban J connectivity index is 2.09. The maximum atomic E-state index is 8.74. The van der Waals surface area contributed by atoms with E-state index in [0.29, 0.717) is 13.2 Å². The molecule has 14 heavy (non-hydrogen) atoms. The average Bonchev–Trinajstić information content (AvgIpc) is 2.30. The Hall–Kier alpha value is -1.60. The van der Waals surface area contributed by atoms with Crippen LogP contribution in [0.3, 0.4) is 0 Å². The number of morpholine rings is 1. The van der Waals surface area contributed by atoms with Gasteiger partial charge in [0.1, 0.15) is 0 Å². The van der Waals surface area contributed by atoms with E-state index in [2.05, 4.69) is 16.0 Å². The van der Waals surface area contributed by atoms with E-state index in [-0.39, 0.29) is 6.10 Å². The largest absolute Gasteiger partial charge is 0.365 e. The molecule has 1 unspecified atom stereocenters. The van der Waals surface area contributed by atoms with E-state index in [1.54, 1.807) is 12.4 Å². The number of aromatic nitrogens is 1. The van der Waals surface area contributed by atoms with Crippen LogP contribution in [-0.2, 0) is 4.74 Å². The second-order valence-corrected chi connectivity index (χ2v) is 3.14. The fourth-order valence-electron chi connectivity index (χ4n) is 1.52. The SMILES string of the molecule is N#CC1CN(c2ccncc2)CCO1. The highest BCUT2D eigenvalue weighted by Crippen LogP contribution is 2.15. The first-order valence-electron chi connectivity index (χ1n) is 4.56. The van der Waals surface area contributed by atoms with Crippen LogP contribution in [0.15, 0.2) is 24.5 Å². The van der Waals surface area contributed by atoms with Gasteiger partial charge in [0.2, 0.25) is 0 Å². The lowest BCUT2D eigenvalue weighted by molar-refractivity contribution is 0.0764. The Bertz CT molecular complexity index is 333. The van der Waals surface area contributed by atoms with Crippen LogP contribution in [0, 0.1) is 11.3 Å². The van der Waals surface area contributed by atoms with Gasteiger partial charge in [0.15, 0.2) is 6.10 Å². The molecule has 0 amide bonds. The van der Waals surface area contributed by atoms with Crippen molar-refractivity contribution in [3.05, 3.63) is 24.5 Å². The second kappa shape index (κ2) is 4.07. The number of ether oxygens (including phenoxy) is 1. The summed E-state index contributed by atoms with van der Waals surface area (Å²) >= 11 is 0. The number of nitrogens with zero attached hydrogens (tertiary/aromatic N) is 3. The van der Waals surface area contributed by atoms with Crippen LogP contribution in [0.25, 0.3) is 0 Å². The monoisotopic (exact) mass is 189 g/mol. The van der Waals surface area contributed by atoms with E-state index >= 15 is 0 Å². The normalized spacial score (nSPS) is 21.6. The van der Waals surface area contributed by atoms with Crippen molar-refractivity contribution in [2.45, 2.75) is 6.10 Å². The number of rotatable bonds is 1. The molecule has 1 aliphatic rings. The van der Waals surface area contributed by atoms with Gasteiger partial charge in [0.25, 0.3) is 0 Å². The van der Waals surface area contributed by atoms with Gasteiger partial charge in [0, 0.05) is 24.6 Å². The minimum Gasteiger partial charge on any atom is -0.365 e. The summed E-state index contributed by atoms with van der Waals surface area (Å²) in [6, 6.07) is 6.01. The molecule has 4 heteroatoms. The lowest BCUT2D eigenvalue weighted by Crippen LogP contribution is -2.41. The molecule has 1 aromatic rings. The molecule has 0 spiro atoms. The first-order chi connectivity index (χ1) is 6.90. The minimum atomic E-state index is -0.308. The summed E-state index contributed by atoms with van der Waals surface area (Å²) in [5.41, 5.74) is 1.10. The Morgan fingerprint density at radius 3 is 3.00 bits per heavy atom. The Labute approximate surface area is 82.7 Å². The molecule has 72 valence electrons. The standard InChI is InChI=1S/C10H11N3O/c11-7-10-8-13(5-6-14-10)9-1-3-12-4-2-9/h1-4,10H,5-6,8H2. The van der Waals surface area contributed by atoms with E-state index in [1.807, 2.05) is 12.1 Å². The summed E-state index contributed by atoms with van der Waals surface area (Å²) in [4.78, 5) is 6.09. The zero-order chi connectivity index (χ0) is 9.80.